The zero-order valence-electron chi connectivity index (χ0n) is 14.6. The average Bonchev–Trinajstić information content (AvgIpc) is 3.23. The molecule has 0 saturated carbocycles. The molecule has 0 spiro atoms. The van der Waals surface area contributed by atoms with E-state index in [1.807, 2.05) is 37.9 Å². The number of anilines is 2. The fraction of sp³-hybridized carbons (Fsp3) is 0.389. The van der Waals surface area contributed by atoms with Crippen molar-refractivity contribution >= 4 is 17.6 Å². The van der Waals surface area contributed by atoms with E-state index in [4.69, 9.17) is 9.78 Å². The average molecular weight is 339 g/mol. The summed E-state index contributed by atoms with van der Waals surface area (Å²) in [6, 6.07) is 10.8. The standard InChI is InChI=1S/C18H21N5O2/c1-18(2,3)15-11-16(25-21-15)20-17(24)23-10-4-9-22(23)14-7-5-13(12-19)6-8-14/h5-8,11H,4,9-10H2,1-3H3,(H,20,24). The van der Waals surface area contributed by atoms with Crippen LogP contribution in [0.15, 0.2) is 34.9 Å². The van der Waals surface area contributed by atoms with Crippen LogP contribution in [0.4, 0.5) is 16.4 Å². The van der Waals surface area contributed by atoms with E-state index in [-0.39, 0.29) is 11.4 Å². The van der Waals surface area contributed by atoms with Crippen LogP contribution in [-0.4, -0.2) is 29.3 Å². The van der Waals surface area contributed by atoms with Crippen molar-refractivity contribution in [3.05, 3.63) is 41.6 Å². The van der Waals surface area contributed by atoms with E-state index in [9.17, 15) is 4.79 Å². The van der Waals surface area contributed by atoms with Gasteiger partial charge in [-0.1, -0.05) is 25.9 Å². The molecule has 0 aliphatic carbocycles. The summed E-state index contributed by atoms with van der Waals surface area (Å²) in [7, 11) is 0. The first-order chi connectivity index (χ1) is 11.9. The minimum absolute atomic E-state index is 0.144. The van der Waals surface area contributed by atoms with Gasteiger partial charge in [0.25, 0.3) is 0 Å². The molecule has 1 aromatic carbocycles. The van der Waals surface area contributed by atoms with Gasteiger partial charge in [-0.3, -0.25) is 10.3 Å². The second-order valence-electron chi connectivity index (χ2n) is 7.02. The fourth-order valence-corrected chi connectivity index (χ4v) is 2.66. The van der Waals surface area contributed by atoms with Crippen molar-refractivity contribution in [2.24, 2.45) is 0 Å². The molecule has 1 N–H and O–H groups in total. The Morgan fingerprint density at radius 2 is 2.00 bits per heavy atom. The summed E-state index contributed by atoms with van der Waals surface area (Å²) in [5, 5.41) is 19.2. The van der Waals surface area contributed by atoms with E-state index < -0.39 is 0 Å². The van der Waals surface area contributed by atoms with Crippen LogP contribution in [0.25, 0.3) is 0 Å². The number of urea groups is 1. The number of carbonyl (C=O) groups is 1. The monoisotopic (exact) mass is 339 g/mol. The van der Waals surface area contributed by atoms with Crippen molar-refractivity contribution in [1.82, 2.24) is 10.2 Å². The van der Waals surface area contributed by atoms with Gasteiger partial charge >= 0.3 is 6.03 Å². The molecule has 3 rings (SSSR count). The van der Waals surface area contributed by atoms with Gasteiger partial charge in [-0.2, -0.15) is 5.26 Å². The Balaban J connectivity index is 1.72. The summed E-state index contributed by atoms with van der Waals surface area (Å²) in [5.74, 6) is 0.335. The Bertz CT molecular complexity index is 798. The third-order valence-electron chi connectivity index (χ3n) is 4.07. The van der Waals surface area contributed by atoms with Crippen molar-refractivity contribution in [1.29, 1.82) is 5.26 Å². The Morgan fingerprint density at radius 3 is 2.60 bits per heavy atom. The van der Waals surface area contributed by atoms with Crippen LogP contribution in [0, 0.1) is 11.3 Å². The van der Waals surface area contributed by atoms with Crippen LogP contribution >= 0.6 is 0 Å². The molecule has 1 aliphatic rings. The Morgan fingerprint density at radius 1 is 1.28 bits per heavy atom. The number of hydrazine groups is 1. The molecule has 130 valence electrons. The predicted octanol–water partition coefficient (Wildman–Crippen LogP) is 3.50. The highest BCUT2D eigenvalue weighted by atomic mass is 16.5. The van der Waals surface area contributed by atoms with E-state index in [0.717, 1.165) is 24.3 Å². The van der Waals surface area contributed by atoms with E-state index in [2.05, 4.69) is 16.5 Å². The SMILES string of the molecule is CC(C)(C)c1cc(NC(=O)N2CCCN2c2ccc(C#N)cc2)on1. The maximum absolute atomic E-state index is 12.6. The number of nitriles is 1. The highest BCUT2D eigenvalue weighted by Gasteiger charge is 2.28. The molecule has 25 heavy (non-hydrogen) atoms. The molecule has 0 radical (unpaired) electrons. The quantitative estimate of drug-likeness (QED) is 0.905. The molecular weight excluding hydrogens is 318 g/mol. The van der Waals surface area contributed by atoms with E-state index in [0.29, 0.717) is 18.0 Å². The van der Waals surface area contributed by atoms with Crippen molar-refractivity contribution < 1.29 is 9.32 Å². The van der Waals surface area contributed by atoms with Crippen LogP contribution in [0.2, 0.25) is 0 Å². The molecule has 0 bridgehead atoms. The Kier molecular flexibility index (Phi) is 4.36. The van der Waals surface area contributed by atoms with Crippen LogP contribution in [0.5, 0.6) is 0 Å². The highest BCUT2D eigenvalue weighted by molar-refractivity contribution is 5.89. The number of amides is 2. The molecular formula is C18H21N5O2. The lowest BCUT2D eigenvalue weighted by molar-refractivity contribution is 0.217. The van der Waals surface area contributed by atoms with Gasteiger partial charge in [-0.25, -0.2) is 9.80 Å². The lowest BCUT2D eigenvalue weighted by atomic mass is 9.92. The van der Waals surface area contributed by atoms with Crippen molar-refractivity contribution in [3.8, 4) is 6.07 Å². The zero-order chi connectivity index (χ0) is 18.0. The first-order valence-electron chi connectivity index (χ1n) is 8.22. The summed E-state index contributed by atoms with van der Waals surface area (Å²) in [4.78, 5) is 12.6. The maximum Gasteiger partial charge on any atom is 0.343 e. The summed E-state index contributed by atoms with van der Waals surface area (Å²) in [5.41, 5.74) is 2.11. The van der Waals surface area contributed by atoms with Crippen LogP contribution in [-0.2, 0) is 5.41 Å². The summed E-state index contributed by atoms with van der Waals surface area (Å²) < 4.78 is 5.23. The van der Waals surface area contributed by atoms with Crippen LogP contribution < -0.4 is 10.3 Å². The number of aromatic nitrogens is 1. The molecule has 1 fully saturated rings. The smallest absolute Gasteiger partial charge is 0.338 e. The Hall–Kier alpha value is -3.01. The normalized spacial score (nSPS) is 14.5. The van der Waals surface area contributed by atoms with Gasteiger partial charge in [-0.05, 0) is 30.7 Å². The number of benzene rings is 1. The van der Waals surface area contributed by atoms with Gasteiger partial charge in [0.05, 0.1) is 23.0 Å². The van der Waals surface area contributed by atoms with Gasteiger partial charge in [-0.15, -0.1) is 0 Å². The van der Waals surface area contributed by atoms with Gasteiger partial charge in [0.2, 0.25) is 5.88 Å². The summed E-state index contributed by atoms with van der Waals surface area (Å²) in [6.07, 6.45) is 0.872. The molecule has 2 aromatic rings. The van der Waals surface area contributed by atoms with Gasteiger partial charge in [0.1, 0.15) is 0 Å². The topological polar surface area (TPSA) is 85.4 Å². The number of hydrogen-bond acceptors (Lipinski definition) is 5. The molecule has 7 heteroatoms. The molecule has 0 atom stereocenters. The van der Waals surface area contributed by atoms with E-state index >= 15 is 0 Å². The van der Waals surface area contributed by atoms with Crippen molar-refractivity contribution in [2.75, 3.05) is 23.4 Å². The third-order valence-corrected chi connectivity index (χ3v) is 4.07. The molecule has 7 nitrogen and oxygen atoms in total. The molecule has 1 aromatic heterocycles. The van der Waals surface area contributed by atoms with Crippen molar-refractivity contribution in [2.45, 2.75) is 32.6 Å². The third kappa shape index (κ3) is 3.58. The molecule has 2 heterocycles. The first-order valence-corrected chi connectivity index (χ1v) is 8.22. The predicted molar refractivity (Wildman–Crippen MR) is 94.0 cm³/mol. The van der Waals surface area contributed by atoms with Gasteiger partial charge in [0.15, 0.2) is 0 Å². The maximum atomic E-state index is 12.6. The van der Waals surface area contributed by atoms with Crippen LogP contribution in [0.1, 0.15) is 38.4 Å². The molecule has 0 unspecified atom stereocenters. The Labute approximate surface area is 146 Å². The number of nitrogens with one attached hydrogen (secondary N) is 1. The number of carbonyl (C=O) groups excluding carboxylic acids is 1. The number of rotatable bonds is 2. The van der Waals surface area contributed by atoms with Crippen LogP contribution in [0.3, 0.4) is 0 Å². The minimum atomic E-state index is -0.265. The number of hydrogen-bond donors (Lipinski definition) is 1. The van der Waals surface area contributed by atoms with Gasteiger partial charge < -0.3 is 4.52 Å². The summed E-state index contributed by atoms with van der Waals surface area (Å²) in [6.45, 7) is 7.45. The lowest BCUT2D eigenvalue weighted by Gasteiger charge is -2.29. The summed E-state index contributed by atoms with van der Waals surface area (Å²) >= 11 is 0. The van der Waals surface area contributed by atoms with E-state index in [1.165, 1.54) is 0 Å². The zero-order valence-corrected chi connectivity index (χ0v) is 14.6. The fourth-order valence-electron chi connectivity index (χ4n) is 2.66. The van der Waals surface area contributed by atoms with Gasteiger partial charge in [0, 0.05) is 24.6 Å². The largest absolute Gasteiger partial charge is 0.343 e. The molecule has 1 aliphatic heterocycles. The lowest BCUT2D eigenvalue weighted by Crippen LogP contribution is -2.43. The van der Waals surface area contributed by atoms with E-state index in [1.54, 1.807) is 23.2 Å². The second-order valence-corrected chi connectivity index (χ2v) is 7.02. The van der Waals surface area contributed by atoms with Crippen molar-refractivity contribution in [3.63, 3.8) is 0 Å². The number of nitrogens with zero attached hydrogens (tertiary/aromatic N) is 4. The highest BCUT2D eigenvalue weighted by Crippen LogP contribution is 2.25. The minimum Gasteiger partial charge on any atom is -0.338 e. The first kappa shape index (κ1) is 16.8. The second kappa shape index (κ2) is 6.48. The molecule has 2 amide bonds. The molecule has 1 saturated heterocycles.